The number of hydrogen-bond donors (Lipinski definition) is 1. The quantitative estimate of drug-likeness (QED) is 0.701. The number of benzene rings is 1. The van der Waals surface area contributed by atoms with Crippen LogP contribution in [0.2, 0.25) is 0 Å². The van der Waals surface area contributed by atoms with Crippen LogP contribution in [0.5, 0.6) is 0 Å². The first kappa shape index (κ1) is 10.5. The molecule has 0 radical (unpaired) electrons. The fraction of sp³-hybridized carbons (Fsp3) is 0.455. The molecule has 0 amide bonds. The molecule has 0 spiro atoms. The van der Waals surface area contributed by atoms with Gasteiger partial charge in [-0.3, -0.25) is 5.32 Å². The average molecular weight is 215 g/mol. The highest BCUT2D eigenvalue weighted by atomic mass is 19.4. The van der Waals surface area contributed by atoms with E-state index in [1.165, 1.54) is 6.92 Å². The summed E-state index contributed by atoms with van der Waals surface area (Å²) in [5.74, 6) is 0. The molecule has 82 valence electrons. The van der Waals surface area contributed by atoms with Crippen LogP contribution >= 0.6 is 0 Å². The molecule has 1 aliphatic rings. The van der Waals surface area contributed by atoms with Gasteiger partial charge in [-0.1, -0.05) is 24.3 Å². The summed E-state index contributed by atoms with van der Waals surface area (Å²) in [6.45, 7) is 1.57. The van der Waals surface area contributed by atoms with Crippen molar-refractivity contribution in [2.75, 3.05) is 6.54 Å². The van der Waals surface area contributed by atoms with Crippen molar-refractivity contribution in [1.29, 1.82) is 0 Å². The fourth-order valence-electron chi connectivity index (χ4n) is 2.02. The number of nitrogens with one attached hydrogen (secondary N) is 1. The second kappa shape index (κ2) is 3.23. The smallest absolute Gasteiger partial charge is 0.300 e. The fourth-order valence-corrected chi connectivity index (χ4v) is 2.02. The molecule has 0 fully saturated rings. The van der Waals surface area contributed by atoms with E-state index < -0.39 is 11.7 Å². The van der Waals surface area contributed by atoms with Crippen LogP contribution < -0.4 is 5.32 Å². The van der Waals surface area contributed by atoms with E-state index in [1.807, 2.05) is 0 Å². The van der Waals surface area contributed by atoms with E-state index in [0.29, 0.717) is 18.5 Å². The molecule has 1 unspecified atom stereocenters. The Balaban J connectivity index is 2.55. The number of rotatable bonds is 0. The molecule has 4 heteroatoms. The Morgan fingerprint density at radius 1 is 1.27 bits per heavy atom. The summed E-state index contributed by atoms with van der Waals surface area (Å²) in [4.78, 5) is 0. The maximum Gasteiger partial charge on any atom is 0.410 e. The Hall–Kier alpha value is -1.03. The van der Waals surface area contributed by atoms with E-state index in [9.17, 15) is 13.2 Å². The van der Waals surface area contributed by atoms with E-state index in [0.717, 1.165) is 5.56 Å². The third kappa shape index (κ3) is 1.53. The number of hydrogen-bond acceptors (Lipinski definition) is 1. The second-order valence-electron chi connectivity index (χ2n) is 3.96. The molecule has 1 aliphatic heterocycles. The normalized spacial score (nSPS) is 26.1. The minimum absolute atomic E-state index is 0.351. The number of fused-ring (bicyclic) bond motifs is 1. The molecule has 1 aromatic carbocycles. The van der Waals surface area contributed by atoms with Gasteiger partial charge in [-0.2, -0.15) is 13.2 Å². The van der Waals surface area contributed by atoms with Gasteiger partial charge in [0.15, 0.2) is 0 Å². The molecule has 0 saturated carbocycles. The SMILES string of the molecule is CC1(C(F)(F)F)NCCc2ccccc21. The largest absolute Gasteiger partial charge is 0.410 e. The van der Waals surface area contributed by atoms with Crippen LogP contribution in [0.3, 0.4) is 0 Å². The molecule has 1 N–H and O–H groups in total. The molecule has 1 heterocycles. The molecule has 0 saturated heterocycles. The van der Waals surface area contributed by atoms with E-state index in [-0.39, 0.29) is 0 Å². The van der Waals surface area contributed by atoms with Gasteiger partial charge in [-0.25, -0.2) is 0 Å². The van der Waals surface area contributed by atoms with E-state index in [1.54, 1.807) is 24.3 Å². The van der Waals surface area contributed by atoms with Gasteiger partial charge in [0.25, 0.3) is 0 Å². The van der Waals surface area contributed by atoms with E-state index in [4.69, 9.17) is 0 Å². The van der Waals surface area contributed by atoms with Crippen molar-refractivity contribution in [3.8, 4) is 0 Å². The Bertz CT molecular complexity index is 372. The number of alkyl halides is 3. The first-order chi connectivity index (χ1) is 6.95. The van der Waals surface area contributed by atoms with Crippen molar-refractivity contribution in [2.24, 2.45) is 0 Å². The van der Waals surface area contributed by atoms with Gasteiger partial charge >= 0.3 is 6.18 Å². The summed E-state index contributed by atoms with van der Waals surface area (Å²) < 4.78 is 38.8. The standard InChI is InChI=1S/C11H12F3N/c1-10(11(12,13)14)9-5-3-2-4-8(9)6-7-15-10/h2-5,15H,6-7H2,1H3. The first-order valence-electron chi connectivity index (χ1n) is 4.85. The summed E-state index contributed by atoms with van der Waals surface area (Å²) in [7, 11) is 0. The molecule has 0 bridgehead atoms. The summed E-state index contributed by atoms with van der Waals surface area (Å²) in [5.41, 5.74) is -0.762. The molecular formula is C11H12F3N. The second-order valence-corrected chi connectivity index (χ2v) is 3.96. The summed E-state index contributed by atoms with van der Waals surface area (Å²) >= 11 is 0. The molecule has 0 aliphatic carbocycles. The monoisotopic (exact) mass is 215 g/mol. The van der Waals surface area contributed by atoms with Crippen molar-refractivity contribution in [3.05, 3.63) is 35.4 Å². The van der Waals surface area contributed by atoms with Crippen LogP contribution in [0.1, 0.15) is 18.1 Å². The first-order valence-corrected chi connectivity index (χ1v) is 4.85. The van der Waals surface area contributed by atoms with Crippen LogP contribution in [0.15, 0.2) is 24.3 Å². The van der Waals surface area contributed by atoms with Gasteiger partial charge in [0.2, 0.25) is 0 Å². The summed E-state index contributed by atoms with van der Waals surface area (Å²) in [5, 5.41) is 2.57. The maximum absolute atomic E-state index is 12.9. The predicted molar refractivity (Wildman–Crippen MR) is 51.6 cm³/mol. The molecule has 2 rings (SSSR count). The van der Waals surface area contributed by atoms with E-state index >= 15 is 0 Å². The lowest BCUT2D eigenvalue weighted by atomic mass is 9.83. The lowest BCUT2D eigenvalue weighted by molar-refractivity contribution is -0.196. The predicted octanol–water partition coefficient (Wildman–Crippen LogP) is 2.61. The number of halogens is 3. The van der Waals surface area contributed by atoms with Gasteiger partial charge < -0.3 is 0 Å². The van der Waals surface area contributed by atoms with Crippen molar-refractivity contribution >= 4 is 0 Å². The third-order valence-electron chi connectivity index (χ3n) is 3.00. The highest BCUT2D eigenvalue weighted by Gasteiger charge is 2.53. The third-order valence-corrected chi connectivity index (χ3v) is 3.00. The van der Waals surface area contributed by atoms with Crippen LogP contribution in [-0.2, 0) is 12.0 Å². The van der Waals surface area contributed by atoms with Gasteiger partial charge in [0.1, 0.15) is 5.54 Å². The van der Waals surface area contributed by atoms with Crippen LogP contribution in [-0.4, -0.2) is 12.7 Å². The topological polar surface area (TPSA) is 12.0 Å². The van der Waals surface area contributed by atoms with Crippen molar-refractivity contribution in [3.63, 3.8) is 0 Å². The zero-order valence-electron chi connectivity index (χ0n) is 8.36. The van der Waals surface area contributed by atoms with Crippen molar-refractivity contribution in [2.45, 2.75) is 25.1 Å². The molecule has 15 heavy (non-hydrogen) atoms. The Morgan fingerprint density at radius 2 is 1.93 bits per heavy atom. The minimum atomic E-state index is -4.26. The van der Waals surface area contributed by atoms with Gasteiger partial charge in [0, 0.05) is 6.54 Å². The lowest BCUT2D eigenvalue weighted by Gasteiger charge is -2.38. The molecule has 1 nitrogen and oxygen atoms in total. The zero-order chi connectivity index (χ0) is 11.1. The minimum Gasteiger partial charge on any atom is -0.300 e. The Morgan fingerprint density at radius 3 is 2.60 bits per heavy atom. The van der Waals surface area contributed by atoms with Gasteiger partial charge in [-0.05, 0) is 24.5 Å². The van der Waals surface area contributed by atoms with Gasteiger partial charge in [0.05, 0.1) is 0 Å². The molecule has 0 aromatic heterocycles. The molecule has 1 atom stereocenters. The van der Waals surface area contributed by atoms with Crippen LogP contribution in [0, 0.1) is 0 Å². The Labute approximate surface area is 86.3 Å². The van der Waals surface area contributed by atoms with Gasteiger partial charge in [-0.15, -0.1) is 0 Å². The summed E-state index contributed by atoms with van der Waals surface area (Å²) in [6, 6.07) is 6.74. The highest BCUT2D eigenvalue weighted by Crippen LogP contribution is 2.41. The highest BCUT2D eigenvalue weighted by molar-refractivity contribution is 5.37. The van der Waals surface area contributed by atoms with Crippen LogP contribution in [0.4, 0.5) is 13.2 Å². The lowest BCUT2D eigenvalue weighted by Crippen LogP contribution is -2.55. The van der Waals surface area contributed by atoms with Crippen molar-refractivity contribution < 1.29 is 13.2 Å². The molecule has 1 aromatic rings. The van der Waals surface area contributed by atoms with Crippen molar-refractivity contribution in [1.82, 2.24) is 5.32 Å². The average Bonchev–Trinajstić information content (AvgIpc) is 2.17. The van der Waals surface area contributed by atoms with E-state index in [2.05, 4.69) is 5.32 Å². The molecular weight excluding hydrogens is 203 g/mol. The van der Waals surface area contributed by atoms with Crippen LogP contribution in [0.25, 0.3) is 0 Å². The maximum atomic E-state index is 12.9. The zero-order valence-corrected chi connectivity index (χ0v) is 8.36. The Kier molecular flexibility index (Phi) is 2.26. The summed E-state index contributed by atoms with van der Waals surface area (Å²) in [6.07, 6.45) is -3.61.